The topological polar surface area (TPSA) is 25.2 Å². The molecule has 0 saturated heterocycles. The second kappa shape index (κ2) is 8.78. The van der Waals surface area contributed by atoms with Gasteiger partial charge < -0.3 is 9.73 Å². The zero-order chi connectivity index (χ0) is 15.2. The zero-order valence-corrected chi connectivity index (χ0v) is 14.2. The van der Waals surface area contributed by atoms with Crippen molar-refractivity contribution in [3.05, 3.63) is 83.1 Å². The molecule has 0 spiro atoms. The van der Waals surface area contributed by atoms with Crippen molar-refractivity contribution in [2.24, 2.45) is 0 Å². The van der Waals surface area contributed by atoms with Crippen LogP contribution in [0.4, 0.5) is 0 Å². The van der Waals surface area contributed by atoms with Crippen LogP contribution in [0.3, 0.4) is 0 Å². The third-order valence-electron chi connectivity index (χ3n) is 3.50. The predicted molar refractivity (Wildman–Crippen MR) is 98.3 cm³/mol. The van der Waals surface area contributed by atoms with Gasteiger partial charge in [-0.2, -0.15) is 0 Å². The Kier molecular flexibility index (Phi) is 6.72. The Balaban J connectivity index is 0.00000192. The van der Waals surface area contributed by atoms with Crippen LogP contribution in [-0.4, -0.2) is 6.54 Å². The molecule has 120 valence electrons. The highest BCUT2D eigenvalue weighted by molar-refractivity contribution is 6.30. The van der Waals surface area contributed by atoms with Gasteiger partial charge in [0.1, 0.15) is 11.5 Å². The van der Waals surface area contributed by atoms with Gasteiger partial charge in [-0.3, -0.25) is 0 Å². The molecular weight excluding hydrogens is 329 g/mol. The van der Waals surface area contributed by atoms with Gasteiger partial charge in [-0.25, -0.2) is 0 Å². The van der Waals surface area contributed by atoms with Gasteiger partial charge in [-0.1, -0.05) is 54.1 Å². The number of benzene rings is 2. The van der Waals surface area contributed by atoms with Gasteiger partial charge in [0.05, 0.1) is 6.54 Å². The molecule has 0 aliphatic heterocycles. The van der Waals surface area contributed by atoms with Crippen LogP contribution in [-0.2, 0) is 13.0 Å². The van der Waals surface area contributed by atoms with E-state index in [2.05, 4.69) is 29.6 Å². The summed E-state index contributed by atoms with van der Waals surface area (Å²) in [6.45, 7) is 1.66. The maximum absolute atomic E-state index is 6.01. The van der Waals surface area contributed by atoms with Crippen molar-refractivity contribution in [1.82, 2.24) is 5.32 Å². The second-order valence-corrected chi connectivity index (χ2v) is 5.63. The summed E-state index contributed by atoms with van der Waals surface area (Å²) in [6, 6.07) is 22.2. The fraction of sp³-hybridized carbons (Fsp3) is 0.158. The first-order chi connectivity index (χ1) is 10.8. The summed E-state index contributed by atoms with van der Waals surface area (Å²) in [7, 11) is 0. The van der Waals surface area contributed by atoms with E-state index in [1.165, 1.54) is 5.56 Å². The molecule has 0 fully saturated rings. The molecule has 0 radical (unpaired) electrons. The summed E-state index contributed by atoms with van der Waals surface area (Å²) in [6.07, 6.45) is 1.02. The maximum Gasteiger partial charge on any atom is 0.134 e. The van der Waals surface area contributed by atoms with E-state index < -0.39 is 0 Å². The molecule has 4 heteroatoms. The van der Waals surface area contributed by atoms with E-state index in [-0.39, 0.29) is 12.4 Å². The molecule has 0 atom stereocenters. The Labute approximate surface area is 147 Å². The van der Waals surface area contributed by atoms with Gasteiger partial charge >= 0.3 is 0 Å². The molecule has 23 heavy (non-hydrogen) atoms. The van der Waals surface area contributed by atoms with E-state index >= 15 is 0 Å². The number of hydrogen-bond acceptors (Lipinski definition) is 2. The molecule has 0 unspecified atom stereocenters. The summed E-state index contributed by atoms with van der Waals surface area (Å²) >= 11 is 6.01. The van der Waals surface area contributed by atoms with Crippen molar-refractivity contribution in [1.29, 1.82) is 0 Å². The van der Waals surface area contributed by atoms with Crippen molar-refractivity contribution in [3.63, 3.8) is 0 Å². The molecule has 3 rings (SSSR count). The van der Waals surface area contributed by atoms with E-state index in [4.69, 9.17) is 16.0 Å². The smallest absolute Gasteiger partial charge is 0.134 e. The molecule has 1 heterocycles. The summed E-state index contributed by atoms with van der Waals surface area (Å²) < 4.78 is 5.86. The lowest BCUT2D eigenvalue weighted by Crippen LogP contribution is -2.16. The molecule has 0 bridgehead atoms. The van der Waals surface area contributed by atoms with Crippen molar-refractivity contribution >= 4 is 24.0 Å². The van der Waals surface area contributed by atoms with Gasteiger partial charge in [0.25, 0.3) is 0 Å². The largest absolute Gasteiger partial charge is 0.460 e. The van der Waals surface area contributed by atoms with E-state index in [1.807, 2.05) is 42.5 Å². The van der Waals surface area contributed by atoms with Crippen LogP contribution in [0.2, 0.25) is 5.02 Å². The molecule has 0 aliphatic carbocycles. The average Bonchev–Trinajstić information content (AvgIpc) is 3.02. The van der Waals surface area contributed by atoms with Gasteiger partial charge in [0.15, 0.2) is 0 Å². The van der Waals surface area contributed by atoms with Gasteiger partial charge in [0, 0.05) is 10.6 Å². The second-order valence-electron chi connectivity index (χ2n) is 5.19. The molecule has 0 saturated carbocycles. The fourth-order valence-electron chi connectivity index (χ4n) is 2.36. The molecule has 2 aromatic carbocycles. The summed E-state index contributed by atoms with van der Waals surface area (Å²) in [4.78, 5) is 0. The third-order valence-corrected chi connectivity index (χ3v) is 3.74. The van der Waals surface area contributed by atoms with E-state index in [9.17, 15) is 0 Å². The number of furan rings is 1. The van der Waals surface area contributed by atoms with E-state index in [0.717, 1.165) is 41.6 Å². The first-order valence-corrected chi connectivity index (χ1v) is 7.78. The molecule has 1 N–H and O–H groups in total. The van der Waals surface area contributed by atoms with Crippen LogP contribution in [0.25, 0.3) is 11.3 Å². The Morgan fingerprint density at radius 2 is 1.74 bits per heavy atom. The highest BCUT2D eigenvalue weighted by Gasteiger charge is 2.05. The minimum atomic E-state index is 0. The van der Waals surface area contributed by atoms with Crippen molar-refractivity contribution in [2.75, 3.05) is 6.54 Å². The lowest BCUT2D eigenvalue weighted by Gasteiger charge is -2.03. The Bertz CT molecular complexity index is 725. The first-order valence-electron chi connectivity index (χ1n) is 7.40. The van der Waals surface area contributed by atoms with Gasteiger partial charge in [-0.15, -0.1) is 12.4 Å². The average molecular weight is 348 g/mol. The molecule has 0 aliphatic rings. The van der Waals surface area contributed by atoms with Crippen molar-refractivity contribution < 1.29 is 4.42 Å². The maximum atomic E-state index is 6.01. The van der Waals surface area contributed by atoms with Crippen molar-refractivity contribution in [3.8, 4) is 11.3 Å². The number of rotatable bonds is 6. The van der Waals surface area contributed by atoms with E-state index in [0.29, 0.717) is 0 Å². The number of nitrogens with one attached hydrogen (secondary N) is 1. The Morgan fingerprint density at radius 3 is 2.52 bits per heavy atom. The van der Waals surface area contributed by atoms with E-state index in [1.54, 1.807) is 0 Å². The summed E-state index contributed by atoms with van der Waals surface area (Å²) in [5.41, 5.74) is 2.34. The summed E-state index contributed by atoms with van der Waals surface area (Å²) in [5, 5.41) is 4.13. The highest BCUT2D eigenvalue weighted by Crippen LogP contribution is 2.24. The zero-order valence-electron chi connectivity index (χ0n) is 12.7. The fourth-order valence-corrected chi connectivity index (χ4v) is 2.55. The summed E-state index contributed by atoms with van der Waals surface area (Å²) in [5.74, 6) is 1.78. The van der Waals surface area contributed by atoms with Crippen LogP contribution in [0.15, 0.2) is 71.1 Å². The standard InChI is InChI=1S/C19H18ClNO.ClH/c20-17-8-4-7-16(13-17)19-10-9-18(22-19)14-21-12-11-15-5-2-1-3-6-15;/h1-10,13,21H,11-12,14H2;1H. The molecule has 0 amide bonds. The Morgan fingerprint density at radius 1 is 0.913 bits per heavy atom. The van der Waals surface area contributed by atoms with Gasteiger partial charge in [0.2, 0.25) is 0 Å². The molecule has 3 aromatic rings. The molecule has 2 nitrogen and oxygen atoms in total. The lowest BCUT2D eigenvalue weighted by atomic mass is 10.1. The first kappa shape index (κ1) is 17.6. The highest BCUT2D eigenvalue weighted by atomic mass is 35.5. The normalized spacial score (nSPS) is 10.3. The Hall–Kier alpha value is -1.74. The van der Waals surface area contributed by atoms with Gasteiger partial charge in [-0.05, 0) is 42.8 Å². The monoisotopic (exact) mass is 347 g/mol. The van der Waals surface area contributed by atoms with Crippen LogP contribution >= 0.6 is 24.0 Å². The minimum Gasteiger partial charge on any atom is -0.460 e. The third kappa shape index (κ3) is 5.14. The number of halogens is 2. The predicted octanol–water partition coefficient (Wildman–Crippen LogP) is 5.35. The molecular formula is C19H19Cl2NO. The van der Waals surface area contributed by atoms with Crippen LogP contribution < -0.4 is 5.32 Å². The van der Waals surface area contributed by atoms with Crippen LogP contribution in [0, 0.1) is 0 Å². The van der Waals surface area contributed by atoms with Crippen molar-refractivity contribution in [2.45, 2.75) is 13.0 Å². The molecule has 1 aromatic heterocycles. The van der Waals surface area contributed by atoms with Crippen LogP contribution in [0.5, 0.6) is 0 Å². The van der Waals surface area contributed by atoms with Crippen LogP contribution in [0.1, 0.15) is 11.3 Å². The SMILES string of the molecule is Cl.Clc1cccc(-c2ccc(CNCCc3ccccc3)o2)c1. The lowest BCUT2D eigenvalue weighted by molar-refractivity contribution is 0.495. The minimum absolute atomic E-state index is 0. The quantitative estimate of drug-likeness (QED) is 0.607. The number of hydrogen-bond donors (Lipinski definition) is 1.